The van der Waals surface area contributed by atoms with Gasteiger partial charge in [0.25, 0.3) is 0 Å². The molecule has 0 radical (unpaired) electrons. The van der Waals surface area contributed by atoms with E-state index in [0.29, 0.717) is 0 Å². The number of hydrogen-bond donors (Lipinski definition) is 1. The van der Waals surface area contributed by atoms with Crippen molar-refractivity contribution in [2.24, 2.45) is 0 Å². The van der Waals surface area contributed by atoms with Crippen LogP contribution in [-0.2, 0) is 6.42 Å². The third kappa shape index (κ3) is 14.5. The highest BCUT2D eigenvalue weighted by atomic mass is 16.2. The minimum Gasteiger partial charge on any atom is -0.396 e. The van der Waals surface area contributed by atoms with Gasteiger partial charge in [-0.2, -0.15) is 0 Å². The molecule has 4 aromatic rings. The predicted molar refractivity (Wildman–Crippen MR) is 136 cm³/mol. The minimum atomic E-state index is 0.239. The Morgan fingerprint density at radius 1 is 0.419 bits per heavy atom. The fourth-order valence-corrected chi connectivity index (χ4v) is 2.49. The van der Waals surface area contributed by atoms with E-state index in [-0.39, 0.29) is 6.61 Å². The Labute approximate surface area is 189 Å². The van der Waals surface area contributed by atoms with Crippen LogP contribution >= 0.6 is 0 Å². The van der Waals surface area contributed by atoms with Gasteiger partial charge in [-0.05, 0) is 39.7 Å². The molecule has 1 nitrogen and oxygen atoms in total. The smallest absolute Gasteiger partial charge is 0.0471 e. The first-order chi connectivity index (χ1) is 15.0. The van der Waals surface area contributed by atoms with Gasteiger partial charge in [0.2, 0.25) is 0 Å². The summed E-state index contributed by atoms with van der Waals surface area (Å²) in [5, 5.41) is 8.59. The molecule has 0 aliphatic carbocycles. The van der Waals surface area contributed by atoms with Gasteiger partial charge < -0.3 is 5.11 Å². The molecule has 0 heterocycles. The largest absolute Gasteiger partial charge is 0.396 e. The lowest BCUT2D eigenvalue weighted by Gasteiger charge is -1.96. The molecule has 4 rings (SSSR count). The van der Waals surface area contributed by atoms with E-state index in [9.17, 15) is 0 Å². The summed E-state index contributed by atoms with van der Waals surface area (Å²) in [7, 11) is 0. The molecule has 1 N–H and O–H groups in total. The zero-order valence-corrected chi connectivity index (χ0v) is 19.3. The van der Waals surface area contributed by atoms with Gasteiger partial charge in [0.15, 0.2) is 0 Å². The Bertz CT molecular complexity index is 810. The quantitative estimate of drug-likeness (QED) is 0.361. The van der Waals surface area contributed by atoms with Gasteiger partial charge in [0.05, 0.1) is 0 Å². The van der Waals surface area contributed by atoms with E-state index in [1.807, 2.05) is 66.7 Å². The molecule has 0 bridgehead atoms. The highest BCUT2D eigenvalue weighted by Crippen LogP contribution is 2.02. The van der Waals surface area contributed by atoms with Crippen LogP contribution in [-0.4, -0.2) is 11.7 Å². The molecule has 0 aliphatic heterocycles. The second-order valence-electron chi connectivity index (χ2n) is 7.42. The second kappa shape index (κ2) is 16.6. The van der Waals surface area contributed by atoms with E-state index in [1.165, 1.54) is 27.8 Å². The molecule has 0 amide bonds. The van der Waals surface area contributed by atoms with Gasteiger partial charge in [-0.3, -0.25) is 0 Å². The van der Waals surface area contributed by atoms with Crippen LogP contribution in [0.25, 0.3) is 0 Å². The van der Waals surface area contributed by atoms with Crippen LogP contribution in [0.4, 0.5) is 0 Å². The highest BCUT2D eigenvalue weighted by Gasteiger charge is 1.88. The molecule has 31 heavy (non-hydrogen) atoms. The van der Waals surface area contributed by atoms with E-state index in [4.69, 9.17) is 5.11 Å². The summed E-state index contributed by atoms with van der Waals surface area (Å²) < 4.78 is 0. The molecule has 0 atom stereocenters. The molecule has 0 aliphatic rings. The number of hydrogen-bond acceptors (Lipinski definition) is 1. The predicted octanol–water partition coefficient (Wildman–Crippen LogP) is 7.51. The van der Waals surface area contributed by atoms with E-state index >= 15 is 0 Å². The molecular formula is C30H36O. The van der Waals surface area contributed by atoms with E-state index in [2.05, 4.69) is 76.2 Å². The summed E-state index contributed by atoms with van der Waals surface area (Å²) in [5.74, 6) is 0. The van der Waals surface area contributed by atoms with Crippen molar-refractivity contribution >= 4 is 0 Å². The summed E-state index contributed by atoms with van der Waals surface area (Å²) in [5.41, 5.74) is 6.43. The van der Waals surface area contributed by atoms with Gasteiger partial charge >= 0.3 is 0 Å². The lowest BCUT2D eigenvalue weighted by atomic mass is 10.1. The summed E-state index contributed by atoms with van der Waals surface area (Å²) >= 11 is 0. The molecule has 162 valence electrons. The SMILES string of the molecule is Cc1ccc(CCO)cc1.Cc1ccccc1.Cc1ccccc1.Cc1ccccc1. The first-order valence-electron chi connectivity index (χ1n) is 10.7. The number of aliphatic hydroxyl groups excluding tert-OH is 1. The third-order valence-electron chi connectivity index (χ3n) is 4.34. The Morgan fingerprint density at radius 3 is 0.935 bits per heavy atom. The molecule has 0 fully saturated rings. The van der Waals surface area contributed by atoms with E-state index in [0.717, 1.165) is 6.42 Å². The van der Waals surface area contributed by atoms with Crippen molar-refractivity contribution in [1.29, 1.82) is 0 Å². The van der Waals surface area contributed by atoms with Crippen LogP contribution in [0.15, 0.2) is 115 Å². The highest BCUT2D eigenvalue weighted by molar-refractivity contribution is 5.21. The van der Waals surface area contributed by atoms with Gasteiger partial charge in [-0.15, -0.1) is 0 Å². The average Bonchev–Trinajstić information content (AvgIpc) is 2.79. The molecule has 0 unspecified atom stereocenters. The molecular weight excluding hydrogens is 376 g/mol. The zero-order chi connectivity index (χ0) is 22.7. The maximum absolute atomic E-state index is 8.59. The van der Waals surface area contributed by atoms with Gasteiger partial charge in [-0.25, -0.2) is 0 Å². The standard InChI is InChI=1S/C9H12O.3C7H8/c1-8-2-4-9(5-3-8)6-7-10;3*1-7-5-3-2-4-6-7/h2-5,10H,6-7H2,1H3;3*2-6H,1H3. The maximum Gasteiger partial charge on any atom is 0.0471 e. The van der Waals surface area contributed by atoms with Crippen LogP contribution in [0.1, 0.15) is 27.8 Å². The topological polar surface area (TPSA) is 20.2 Å². The van der Waals surface area contributed by atoms with Gasteiger partial charge in [-0.1, -0.05) is 138 Å². The lowest BCUT2D eigenvalue weighted by Crippen LogP contribution is -1.89. The Morgan fingerprint density at radius 2 is 0.710 bits per heavy atom. The minimum absolute atomic E-state index is 0.239. The lowest BCUT2D eigenvalue weighted by molar-refractivity contribution is 0.299. The van der Waals surface area contributed by atoms with Crippen LogP contribution in [0.5, 0.6) is 0 Å². The summed E-state index contributed by atoms with van der Waals surface area (Å²) in [6.45, 7) is 8.55. The van der Waals surface area contributed by atoms with Crippen molar-refractivity contribution in [1.82, 2.24) is 0 Å². The molecule has 0 spiro atoms. The normalized spacial score (nSPS) is 9.06. The fraction of sp³-hybridized carbons (Fsp3) is 0.200. The van der Waals surface area contributed by atoms with Crippen molar-refractivity contribution < 1.29 is 5.11 Å². The van der Waals surface area contributed by atoms with Crippen LogP contribution in [0.2, 0.25) is 0 Å². The fourth-order valence-electron chi connectivity index (χ4n) is 2.49. The van der Waals surface area contributed by atoms with Gasteiger partial charge in [0, 0.05) is 6.61 Å². The number of aryl methyl sites for hydroxylation is 4. The Balaban J connectivity index is 0.000000209. The van der Waals surface area contributed by atoms with Crippen molar-refractivity contribution in [2.45, 2.75) is 34.1 Å². The number of aliphatic hydroxyl groups is 1. The third-order valence-corrected chi connectivity index (χ3v) is 4.34. The number of benzene rings is 4. The van der Waals surface area contributed by atoms with Gasteiger partial charge in [0.1, 0.15) is 0 Å². The average molecular weight is 413 g/mol. The summed E-state index contributed by atoms with van der Waals surface area (Å²) in [6.07, 6.45) is 0.764. The Hall–Kier alpha value is -3.16. The molecule has 0 saturated heterocycles. The van der Waals surface area contributed by atoms with Crippen molar-refractivity contribution in [3.8, 4) is 0 Å². The van der Waals surface area contributed by atoms with Crippen LogP contribution < -0.4 is 0 Å². The summed E-state index contributed by atoms with van der Waals surface area (Å²) in [4.78, 5) is 0. The molecule has 4 aromatic carbocycles. The molecule has 1 heteroatoms. The van der Waals surface area contributed by atoms with Crippen molar-refractivity contribution in [2.75, 3.05) is 6.61 Å². The maximum atomic E-state index is 8.59. The second-order valence-corrected chi connectivity index (χ2v) is 7.42. The first kappa shape index (κ1) is 25.9. The van der Waals surface area contributed by atoms with Crippen molar-refractivity contribution in [3.63, 3.8) is 0 Å². The van der Waals surface area contributed by atoms with E-state index < -0.39 is 0 Å². The van der Waals surface area contributed by atoms with Crippen molar-refractivity contribution in [3.05, 3.63) is 143 Å². The van der Waals surface area contributed by atoms with E-state index in [1.54, 1.807) is 0 Å². The number of rotatable bonds is 2. The van der Waals surface area contributed by atoms with Crippen LogP contribution in [0, 0.1) is 27.7 Å². The molecule has 0 aromatic heterocycles. The zero-order valence-electron chi connectivity index (χ0n) is 19.3. The Kier molecular flexibility index (Phi) is 13.9. The summed E-state index contributed by atoms with van der Waals surface area (Å²) in [6, 6.07) is 39.0. The monoisotopic (exact) mass is 412 g/mol. The van der Waals surface area contributed by atoms with Crippen LogP contribution in [0.3, 0.4) is 0 Å². The first-order valence-corrected chi connectivity index (χ1v) is 10.7. The molecule has 0 saturated carbocycles.